The van der Waals surface area contributed by atoms with Gasteiger partial charge in [-0.05, 0) is 50.4 Å². The molecule has 1 aliphatic heterocycles. The molecule has 0 radical (unpaired) electrons. The summed E-state index contributed by atoms with van der Waals surface area (Å²) in [5, 5.41) is 7.83. The van der Waals surface area contributed by atoms with Crippen LogP contribution in [0.15, 0.2) is 18.3 Å². The Morgan fingerprint density at radius 1 is 1.38 bits per heavy atom. The zero-order chi connectivity index (χ0) is 14.7. The Bertz CT molecular complexity index is 591. The van der Waals surface area contributed by atoms with Gasteiger partial charge >= 0.3 is 0 Å². The Morgan fingerprint density at radius 2 is 2.19 bits per heavy atom. The molecule has 0 spiro atoms. The number of piperidine rings is 1. The van der Waals surface area contributed by atoms with Gasteiger partial charge in [0.15, 0.2) is 5.65 Å². The van der Waals surface area contributed by atoms with E-state index in [1.165, 1.54) is 29.6 Å². The first-order valence-corrected chi connectivity index (χ1v) is 7.74. The summed E-state index contributed by atoms with van der Waals surface area (Å²) in [7, 11) is 0. The van der Waals surface area contributed by atoms with Crippen molar-refractivity contribution in [3.63, 3.8) is 0 Å². The van der Waals surface area contributed by atoms with Gasteiger partial charge in [0.2, 0.25) is 5.95 Å². The lowest BCUT2D eigenvalue weighted by Crippen LogP contribution is -2.37. The van der Waals surface area contributed by atoms with Crippen LogP contribution in [0.2, 0.25) is 0 Å². The monoisotopic (exact) mass is 291 g/mol. The van der Waals surface area contributed by atoms with Crippen molar-refractivity contribution in [2.75, 3.05) is 31.1 Å². The van der Waals surface area contributed by atoms with E-state index in [2.05, 4.69) is 27.2 Å². The van der Waals surface area contributed by atoms with E-state index in [0.717, 1.165) is 32.6 Å². The van der Waals surface area contributed by atoms with E-state index in [1.54, 1.807) is 6.07 Å². The topological polar surface area (TPSA) is 45.5 Å². The third-order valence-corrected chi connectivity index (χ3v) is 4.00. The second kappa shape index (κ2) is 6.39. The Morgan fingerprint density at radius 3 is 2.95 bits per heavy atom. The molecule has 114 valence electrons. The van der Waals surface area contributed by atoms with Crippen LogP contribution in [0.5, 0.6) is 0 Å². The number of fused-ring (bicyclic) bond motifs is 1. The van der Waals surface area contributed by atoms with Crippen molar-refractivity contribution in [2.45, 2.75) is 26.2 Å². The molecule has 0 aromatic carbocycles. The van der Waals surface area contributed by atoms with Gasteiger partial charge in [0.1, 0.15) is 5.82 Å². The molecule has 1 aliphatic rings. The molecule has 0 unspecified atom stereocenters. The zero-order valence-electron chi connectivity index (χ0n) is 12.4. The number of nitrogens with one attached hydrogen (secondary N) is 1. The highest BCUT2D eigenvalue weighted by atomic mass is 19.1. The normalized spacial score (nSPS) is 16.5. The number of halogens is 1. The van der Waals surface area contributed by atoms with E-state index in [-0.39, 0.29) is 5.82 Å². The van der Waals surface area contributed by atoms with Gasteiger partial charge in [-0.1, -0.05) is 6.92 Å². The first-order chi connectivity index (χ1) is 10.3. The summed E-state index contributed by atoms with van der Waals surface area (Å²) < 4.78 is 14.8. The van der Waals surface area contributed by atoms with Crippen LogP contribution in [-0.4, -0.2) is 40.8 Å². The Labute approximate surface area is 124 Å². The lowest BCUT2D eigenvalue weighted by molar-refractivity contribution is 0.372. The largest absolute Gasteiger partial charge is 0.339 e. The fourth-order valence-corrected chi connectivity index (χ4v) is 2.90. The van der Waals surface area contributed by atoms with E-state index in [0.29, 0.717) is 17.5 Å². The van der Waals surface area contributed by atoms with Crippen LogP contribution in [-0.2, 0) is 0 Å². The first kappa shape index (κ1) is 14.3. The highest BCUT2D eigenvalue weighted by molar-refractivity contribution is 5.44. The third kappa shape index (κ3) is 3.32. The average molecular weight is 291 g/mol. The molecule has 0 saturated carbocycles. The third-order valence-electron chi connectivity index (χ3n) is 4.00. The SMILES string of the molecule is CCCN(CC1CCNCC1)c1nc2ccc(F)cn2n1. The van der Waals surface area contributed by atoms with Gasteiger partial charge in [0.25, 0.3) is 0 Å². The summed E-state index contributed by atoms with van der Waals surface area (Å²) in [5.41, 5.74) is 0.692. The second-order valence-electron chi connectivity index (χ2n) is 5.70. The van der Waals surface area contributed by atoms with Crippen molar-refractivity contribution in [3.05, 3.63) is 24.1 Å². The lowest BCUT2D eigenvalue weighted by atomic mass is 9.97. The molecule has 3 heterocycles. The molecule has 0 amide bonds. The summed E-state index contributed by atoms with van der Waals surface area (Å²) in [6.45, 7) is 6.26. The molecular formula is C15H22FN5. The molecule has 0 aliphatic carbocycles. The van der Waals surface area contributed by atoms with Gasteiger partial charge in [-0.15, -0.1) is 5.10 Å². The number of aromatic nitrogens is 3. The maximum Gasteiger partial charge on any atom is 0.245 e. The van der Waals surface area contributed by atoms with E-state index in [4.69, 9.17) is 0 Å². The number of pyridine rings is 1. The number of nitrogens with zero attached hydrogens (tertiary/aromatic N) is 4. The van der Waals surface area contributed by atoms with Crippen LogP contribution in [0, 0.1) is 11.7 Å². The molecule has 5 nitrogen and oxygen atoms in total. The number of hydrogen-bond acceptors (Lipinski definition) is 4. The highest BCUT2D eigenvalue weighted by Crippen LogP contribution is 2.18. The van der Waals surface area contributed by atoms with Crippen molar-refractivity contribution in [1.82, 2.24) is 19.9 Å². The minimum absolute atomic E-state index is 0.292. The van der Waals surface area contributed by atoms with Gasteiger partial charge in [-0.2, -0.15) is 4.98 Å². The molecule has 21 heavy (non-hydrogen) atoms. The fourth-order valence-electron chi connectivity index (χ4n) is 2.90. The summed E-state index contributed by atoms with van der Waals surface area (Å²) in [6.07, 6.45) is 4.82. The van der Waals surface area contributed by atoms with Crippen LogP contribution in [0.4, 0.5) is 10.3 Å². The maximum atomic E-state index is 13.3. The maximum absolute atomic E-state index is 13.3. The number of rotatable bonds is 5. The predicted molar refractivity (Wildman–Crippen MR) is 81.0 cm³/mol. The summed E-state index contributed by atoms with van der Waals surface area (Å²) >= 11 is 0. The molecule has 1 saturated heterocycles. The van der Waals surface area contributed by atoms with Crippen LogP contribution in [0.3, 0.4) is 0 Å². The van der Waals surface area contributed by atoms with Crippen LogP contribution in [0.1, 0.15) is 26.2 Å². The van der Waals surface area contributed by atoms with Crippen molar-refractivity contribution in [2.24, 2.45) is 5.92 Å². The molecule has 0 atom stereocenters. The van der Waals surface area contributed by atoms with Crippen molar-refractivity contribution >= 4 is 11.6 Å². The van der Waals surface area contributed by atoms with Crippen molar-refractivity contribution in [1.29, 1.82) is 0 Å². The Kier molecular flexibility index (Phi) is 4.34. The van der Waals surface area contributed by atoms with E-state index in [1.807, 2.05) is 0 Å². The van der Waals surface area contributed by atoms with E-state index >= 15 is 0 Å². The molecule has 1 N–H and O–H groups in total. The average Bonchev–Trinajstić information content (AvgIpc) is 2.91. The number of hydrogen-bond donors (Lipinski definition) is 1. The quantitative estimate of drug-likeness (QED) is 0.916. The first-order valence-electron chi connectivity index (χ1n) is 7.74. The van der Waals surface area contributed by atoms with E-state index in [9.17, 15) is 4.39 Å². The molecule has 1 fully saturated rings. The van der Waals surface area contributed by atoms with E-state index < -0.39 is 0 Å². The van der Waals surface area contributed by atoms with Crippen LogP contribution in [0.25, 0.3) is 5.65 Å². The van der Waals surface area contributed by atoms with Gasteiger partial charge in [0.05, 0.1) is 6.20 Å². The number of anilines is 1. The zero-order valence-corrected chi connectivity index (χ0v) is 12.4. The predicted octanol–water partition coefficient (Wildman–Crippen LogP) is 2.08. The smallest absolute Gasteiger partial charge is 0.245 e. The Hall–Kier alpha value is -1.69. The van der Waals surface area contributed by atoms with Gasteiger partial charge in [-0.3, -0.25) is 0 Å². The fraction of sp³-hybridized carbons (Fsp3) is 0.600. The van der Waals surface area contributed by atoms with Crippen LogP contribution >= 0.6 is 0 Å². The molecule has 2 aromatic heterocycles. The van der Waals surface area contributed by atoms with Crippen molar-refractivity contribution in [3.8, 4) is 0 Å². The molecular weight excluding hydrogens is 269 g/mol. The standard InChI is InChI=1S/C15H22FN5/c1-2-9-20(10-12-5-7-17-8-6-12)15-18-14-4-3-13(16)11-21(14)19-15/h3-4,11-12,17H,2,5-10H2,1H3. The summed E-state index contributed by atoms with van der Waals surface area (Å²) in [5.74, 6) is 1.10. The summed E-state index contributed by atoms with van der Waals surface area (Å²) in [4.78, 5) is 6.77. The minimum atomic E-state index is -0.292. The van der Waals surface area contributed by atoms with Crippen molar-refractivity contribution < 1.29 is 4.39 Å². The molecule has 2 aromatic rings. The van der Waals surface area contributed by atoms with Crippen LogP contribution < -0.4 is 10.2 Å². The summed E-state index contributed by atoms with van der Waals surface area (Å²) in [6, 6.07) is 3.09. The lowest BCUT2D eigenvalue weighted by Gasteiger charge is -2.29. The van der Waals surface area contributed by atoms with Gasteiger partial charge in [0, 0.05) is 13.1 Å². The highest BCUT2D eigenvalue weighted by Gasteiger charge is 2.19. The molecule has 0 bridgehead atoms. The Balaban J connectivity index is 1.80. The van der Waals surface area contributed by atoms with Gasteiger partial charge < -0.3 is 10.2 Å². The minimum Gasteiger partial charge on any atom is -0.339 e. The molecule has 3 rings (SSSR count). The second-order valence-corrected chi connectivity index (χ2v) is 5.70. The van der Waals surface area contributed by atoms with Gasteiger partial charge in [-0.25, -0.2) is 8.91 Å². The molecule has 6 heteroatoms.